The Morgan fingerprint density at radius 1 is 0.966 bits per heavy atom. The summed E-state index contributed by atoms with van der Waals surface area (Å²) in [7, 11) is 0. The first-order valence-corrected chi connectivity index (χ1v) is 8.34. The van der Waals surface area contributed by atoms with Gasteiger partial charge in [0.1, 0.15) is 17.5 Å². The molecular weight excluding hydrogens is 405 g/mol. The van der Waals surface area contributed by atoms with Crippen LogP contribution in [0.2, 0.25) is 0 Å². The highest BCUT2D eigenvalue weighted by Gasteiger charge is 2.29. The molecule has 2 heterocycles. The van der Waals surface area contributed by atoms with E-state index in [4.69, 9.17) is 5.73 Å². The van der Waals surface area contributed by atoms with Gasteiger partial charge in [-0.2, -0.15) is 23.1 Å². The van der Waals surface area contributed by atoms with Gasteiger partial charge >= 0.3 is 6.18 Å². The topological polar surface area (TPSA) is 81.7 Å². The van der Waals surface area contributed by atoms with Gasteiger partial charge in [-0.05, 0) is 43.3 Å². The average Bonchev–Trinajstić information content (AvgIpc) is 2.96. The number of alkyl halides is 3. The molecule has 4 rings (SSSR count). The molecule has 0 amide bonds. The Kier molecular flexibility index (Phi) is 5.34. The number of benzene rings is 2. The third kappa shape index (κ3) is 4.09. The fourth-order valence-electron chi connectivity index (χ4n) is 2.93. The molecule has 2 aromatic heterocycles. The summed E-state index contributed by atoms with van der Waals surface area (Å²) in [6, 6.07) is 13.8. The van der Waals surface area contributed by atoms with Crippen molar-refractivity contribution in [3.05, 3.63) is 66.0 Å². The van der Waals surface area contributed by atoms with E-state index in [1.54, 1.807) is 6.07 Å². The van der Waals surface area contributed by atoms with Crippen molar-refractivity contribution in [2.75, 3.05) is 11.1 Å². The number of para-hydroxylation sites is 2. The van der Waals surface area contributed by atoms with E-state index in [0.29, 0.717) is 11.5 Å². The molecule has 0 bridgehead atoms. The van der Waals surface area contributed by atoms with E-state index in [9.17, 15) is 13.2 Å². The molecule has 0 saturated heterocycles. The van der Waals surface area contributed by atoms with Crippen LogP contribution in [0.4, 0.5) is 30.6 Å². The van der Waals surface area contributed by atoms with E-state index in [1.807, 2.05) is 35.8 Å². The summed E-state index contributed by atoms with van der Waals surface area (Å²) >= 11 is 0. The second-order valence-corrected chi connectivity index (χ2v) is 6.16. The molecule has 6 nitrogen and oxygen atoms in total. The number of imidazole rings is 1. The Hall–Kier alpha value is -3.33. The van der Waals surface area contributed by atoms with Gasteiger partial charge in [-0.25, -0.2) is 4.98 Å². The van der Waals surface area contributed by atoms with E-state index in [-0.39, 0.29) is 24.2 Å². The molecule has 0 spiro atoms. The highest BCUT2D eigenvalue weighted by molar-refractivity contribution is 5.85. The van der Waals surface area contributed by atoms with Gasteiger partial charge in [-0.15, -0.1) is 12.4 Å². The van der Waals surface area contributed by atoms with Crippen molar-refractivity contribution in [1.29, 1.82) is 0 Å². The Labute approximate surface area is 170 Å². The summed E-state index contributed by atoms with van der Waals surface area (Å²) in [5.41, 5.74) is 7.28. The van der Waals surface area contributed by atoms with E-state index >= 15 is 0 Å². The number of halogens is 4. The number of nitrogens with one attached hydrogen (secondary N) is 1. The summed E-state index contributed by atoms with van der Waals surface area (Å²) in [6.45, 7) is 1.85. The quantitative estimate of drug-likeness (QED) is 0.493. The number of nitrogen functional groups attached to an aromatic ring is 1. The van der Waals surface area contributed by atoms with Gasteiger partial charge in [0.05, 0.1) is 16.6 Å². The molecule has 29 heavy (non-hydrogen) atoms. The van der Waals surface area contributed by atoms with Crippen LogP contribution in [0, 0.1) is 6.92 Å². The Morgan fingerprint density at radius 3 is 2.34 bits per heavy atom. The first-order valence-electron chi connectivity index (χ1n) is 8.34. The molecule has 0 unspecified atom stereocenters. The Balaban J connectivity index is 0.00000240. The highest BCUT2D eigenvalue weighted by atomic mass is 35.5. The number of hydrogen-bond donors (Lipinski definition) is 2. The standard InChI is InChI=1S/C19H15F3N6.ClH/c1-11-24-14-4-2-3-5-15(14)28(11)17-10-16(23)26-18(27-17)25-13-8-6-12(7-9-13)19(20,21)22;/h2-10H,1H3,(H3,23,25,26,27);1H. The second-order valence-electron chi connectivity index (χ2n) is 6.16. The zero-order chi connectivity index (χ0) is 19.9. The van der Waals surface area contributed by atoms with Crippen LogP contribution in [-0.4, -0.2) is 19.5 Å². The average molecular weight is 421 g/mol. The third-order valence-corrected chi connectivity index (χ3v) is 4.16. The zero-order valence-corrected chi connectivity index (χ0v) is 15.9. The number of rotatable bonds is 3. The lowest BCUT2D eigenvalue weighted by molar-refractivity contribution is -0.137. The maximum Gasteiger partial charge on any atom is 0.416 e. The smallest absolute Gasteiger partial charge is 0.383 e. The summed E-state index contributed by atoms with van der Waals surface area (Å²) in [6.07, 6.45) is -4.39. The van der Waals surface area contributed by atoms with Crippen molar-refractivity contribution in [1.82, 2.24) is 19.5 Å². The molecule has 0 aliphatic heterocycles. The van der Waals surface area contributed by atoms with Gasteiger partial charge in [0, 0.05) is 11.8 Å². The molecule has 10 heteroatoms. The van der Waals surface area contributed by atoms with Crippen molar-refractivity contribution in [3.8, 4) is 5.82 Å². The molecule has 2 aromatic carbocycles. The van der Waals surface area contributed by atoms with Gasteiger partial charge < -0.3 is 11.1 Å². The normalized spacial score (nSPS) is 11.3. The number of fused-ring (bicyclic) bond motifs is 1. The fraction of sp³-hybridized carbons (Fsp3) is 0.105. The summed E-state index contributed by atoms with van der Waals surface area (Å²) in [5.74, 6) is 1.62. The SMILES string of the molecule is Cc1nc2ccccc2n1-c1cc(N)nc(Nc2ccc(C(F)(F)F)cc2)n1.Cl. The van der Waals surface area contributed by atoms with Crippen LogP contribution >= 0.6 is 12.4 Å². The number of nitrogens with two attached hydrogens (primary N) is 1. The minimum Gasteiger partial charge on any atom is -0.383 e. The summed E-state index contributed by atoms with van der Waals surface area (Å²) in [5, 5.41) is 2.89. The molecular formula is C19H16ClF3N6. The number of aromatic nitrogens is 4. The lowest BCUT2D eigenvalue weighted by atomic mass is 10.2. The second kappa shape index (κ2) is 7.59. The Morgan fingerprint density at radius 2 is 1.66 bits per heavy atom. The molecule has 0 radical (unpaired) electrons. The van der Waals surface area contributed by atoms with Crippen molar-refractivity contribution in [3.63, 3.8) is 0 Å². The molecule has 150 valence electrons. The monoisotopic (exact) mass is 420 g/mol. The number of anilines is 3. The first-order chi connectivity index (χ1) is 13.3. The largest absolute Gasteiger partial charge is 0.416 e. The van der Waals surface area contributed by atoms with Crippen LogP contribution in [0.1, 0.15) is 11.4 Å². The molecule has 0 fully saturated rings. The van der Waals surface area contributed by atoms with Crippen molar-refractivity contribution >= 4 is 40.9 Å². The van der Waals surface area contributed by atoms with Crippen LogP contribution < -0.4 is 11.1 Å². The van der Waals surface area contributed by atoms with Crippen LogP contribution in [-0.2, 0) is 6.18 Å². The van der Waals surface area contributed by atoms with Gasteiger partial charge in [0.2, 0.25) is 5.95 Å². The minimum atomic E-state index is -4.39. The number of nitrogens with zero attached hydrogens (tertiary/aromatic N) is 4. The predicted molar refractivity (Wildman–Crippen MR) is 108 cm³/mol. The van der Waals surface area contributed by atoms with E-state index < -0.39 is 11.7 Å². The first kappa shape index (κ1) is 20.4. The molecule has 0 aliphatic carbocycles. The molecule has 0 aliphatic rings. The van der Waals surface area contributed by atoms with Gasteiger partial charge in [-0.3, -0.25) is 4.57 Å². The van der Waals surface area contributed by atoms with E-state index in [1.165, 1.54) is 12.1 Å². The number of aryl methyl sites for hydroxylation is 1. The Bertz CT molecular complexity index is 1160. The van der Waals surface area contributed by atoms with E-state index in [2.05, 4.69) is 20.3 Å². The lowest BCUT2D eigenvalue weighted by Crippen LogP contribution is -2.07. The molecule has 4 aromatic rings. The van der Waals surface area contributed by atoms with Gasteiger partial charge in [0.15, 0.2) is 0 Å². The van der Waals surface area contributed by atoms with Crippen LogP contribution in [0.3, 0.4) is 0 Å². The van der Waals surface area contributed by atoms with Crippen LogP contribution in [0.25, 0.3) is 16.9 Å². The summed E-state index contributed by atoms with van der Waals surface area (Å²) < 4.78 is 40.0. The molecule has 3 N–H and O–H groups in total. The molecule has 0 atom stereocenters. The van der Waals surface area contributed by atoms with Crippen molar-refractivity contribution in [2.45, 2.75) is 13.1 Å². The highest BCUT2D eigenvalue weighted by Crippen LogP contribution is 2.30. The number of hydrogen-bond acceptors (Lipinski definition) is 5. The van der Waals surface area contributed by atoms with Gasteiger partial charge in [0.25, 0.3) is 0 Å². The third-order valence-electron chi connectivity index (χ3n) is 4.16. The predicted octanol–water partition coefficient (Wildman–Crippen LogP) is 4.89. The molecule has 0 saturated carbocycles. The van der Waals surface area contributed by atoms with Crippen molar-refractivity contribution < 1.29 is 13.2 Å². The van der Waals surface area contributed by atoms with Crippen LogP contribution in [0.5, 0.6) is 0 Å². The lowest BCUT2D eigenvalue weighted by Gasteiger charge is -2.11. The maximum atomic E-state index is 12.7. The van der Waals surface area contributed by atoms with E-state index in [0.717, 1.165) is 29.0 Å². The minimum absolute atomic E-state index is 0. The fourth-order valence-corrected chi connectivity index (χ4v) is 2.93. The zero-order valence-electron chi connectivity index (χ0n) is 15.1. The van der Waals surface area contributed by atoms with Crippen molar-refractivity contribution in [2.24, 2.45) is 0 Å². The van der Waals surface area contributed by atoms with Crippen LogP contribution in [0.15, 0.2) is 54.6 Å². The summed E-state index contributed by atoms with van der Waals surface area (Å²) in [4.78, 5) is 13.1. The van der Waals surface area contributed by atoms with Gasteiger partial charge in [-0.1, -0.05) is 12.1 Å². The maximum absolute atomic E-state index is 12.7.